The van der Waals surface area contributed by atoms with Gasteiger partial charge in [-0.3, -0.25) is 4.90 Å². The van der Waals surface area contributed by atoms with Crippen LogP contribution >= 0.6 is 0 Å². The van der Waals surface area contributed by atoms with Crippen LogP contribution < -0.4 is 5.73 Å². The summed E-state index contributed by atoms with van der Waals surface area (Å²) in [4.78, 5) is 16.9. The number of rotatable bonds is 7. The fraction of sp³-hybridized carbons (Fsp3) is 0.611. The summed E-state index contributed by atoms with van der Waals surface area (Å²) in [5.41, 5.74) is 6.73. The van der Waals surface area contributed by atoms with Crippen molar-refractivity contribution < 1.29 is 9.53 Å². The second kappa shape index (κ2) is 7.79. The molecule has 1 amide bonds. The molecule has 2 N–H and O–H groups in total. The Kier molecular flexibility index (Phi) is 5.51. The van der Waals surface area contributed by atoms with Gasteiger partial charge in [-0.05, 0) is 37.8 Å². The van der Waals surface area contributed by atoms with Crippen LogP contribution in [0, 0.1) is 0 Å². The summed E-state index contributed by atoms with van der Waals surface area (Å²) in [6.07, 6.45) is 4.38. The molecule has 1 saturated carbocycles. The van der Waals surface area contributed by atoms with Gasteiger partial charge in [-0.2, -0.15) is 0 Å². The van der Waals surface area contributed by atoms with Gasteiger partial charge in [0.1, 0.15) is 6.61 Å². The molecule has 2 fully saturated rings. The molecule has 5 nitrogen and oxygen atoms in total. The van der Waals surface area contributed by atoms with Crippen LogP contribution in [0.1, 0.15) is 31.2 Å². The van der Waals surface area contributed by atoms with Gasteiger partial charge in [0.05, 0.1) is 0 Å². The summed E-state index contributed by atoms with van der Waals surface area (Å²) in [5.74, 6) is 0. The maximum atomic E-state index is 12.5. The van der Waals surface area contributed by atoms with Crippen molar-refractivity contribution in [2.75, 3.05) is 26.2 Å². The van der Waals surface area contributed by atoms with E-state index >= 15 is 0 Å². The molecule has 5 heteroatoms. The van der Waals surface area contributed by atoms with E-state index in [0.29, 0.717) is 25.2 Å². The predicted octanol–water partition coefficient (Wildman–Crippen LogP) is 2.21. The zero-order valence-electron chi connectivity index (χ0n) is 13.7. The number of nitrogens with two attached hydrogens (primary N) is 1. The molecule has 1 heterocycles. The molecule has 1 aromatic rings. The van der Waals surface area contributed by atoms with Crippen molar-refractivity contribution in [1.29, 1.82) is 0 Å². The summed E-state index contributed by atoms with van der Waals surface area (Å²) in [6.45, 7) is 3.82. The minimum atomic E-state index is -0.170. The average Bonchev–Trinajstić information content (AvgIpc) is 3.33. The number of amides is 1. The molecule has 0 radical (unpaired) electrons. The van der Waals surface area contributed by atoms with Gasteiger partial charge in [0, 0.05) is 31.7 Å². The molecule has 0 spiro atoms. The third-order valence-electron chi connectivity index (χ3n) is 4.75. The molecular formula is C18H27N3O2. The molecule has 1 aliphatic carbocycles. The van der Waals surface area contributed by atoms with Gasteiger partial charge in [0.15, 0.2) is 0 Å². The number of nitrogens with zero attached hydrogens (tertiary/aromatic N) is 2. The Morgan fingerprint density at radius 2 is 2.04 bits per heavy atom. The summed E-state index contributed by atoms with van der Waals surface area (Å²) in [6, 6.07) is 10.7. The van der Waals surface area contributed by atoms with Crippen LogP contribution in [0.3, 0.4) is 0 Å². The standard InChI is InChI=1S/C18H27N3O2/c19-10-12-20-11-4-7-17(20)13-21(16-8-9-16)18(22)23-14-15-5-2-1-3-6-15/h1-3,5-6,16-17H,4,7-14,19H2/t17-/m0/s1. The molecule has 1 aliphatic heterocycles. The Labute approximate surface area is 138 Å². The second-order valence-corrected chi connectivity index (χ2v) is 6.54. The van der Waals surface area contributed by atoms with Gasteiger partial charge in [0.2, 0.25) is 0 Å². The third-order valence-corrected chi connectivity index (χ3v) is 4.75. The molecule has 0 bridgehead atoms. The summed E-state index contributed by atoms with van der Waals surface area (Å²) in [5, 5.41) is 0. The van der Waals surface area contributed by atoms with E-state index in [-0.39, 0.29) is 6.09 Å². The lowest BCUT2D eigenvalue weighted by molar-refractivity contribution is 0.0822. The van der Waals surface area contributed by atoms with Crippen LogP contribution in [0.25, 0.3) is 0 Å². The van der Waals surface area contributed by atoms with Crippen molar-refractivity contribution in [3.8, 4) is 0 Å². The lowest BCUT2D eigenvalue weighted by atomic mass is 10.2. The summed E-state index contributed by atoms with van der Waals surface area (Å²) >= 11 is 0. The molecule has 1 aromatic carbocycles. The van der Waals surface area contributed by atoms with E-state index in [4.69, 9.17) is 10.5 Å². The van der Waals surface area contributed by atoms with E-state index in [2.05, 4.69) is 4.90 Å². The van der Waals surface area contributed by atoms with Crippen LogP contribution in [-0.2, 0) is 11.3 Å². The maximum absolute atomic E-state index is 12.5. The number of likely N-dealkylation sites (tertiary alicyclic amines) is 1. The van der Waals surface area contributed by atoms with Gasteiger partial charge in [-0.1, -0.05) is 30.3 Å². The Bertz CT molecular complexity index is 504. The highest BCUT2D eigenvalue weighted by Crippen LogP contribution is 2.29. The van der Waals surface area contributed by atoms with Gasteiger partial charge >= 0.3 is 6.09 Å². The molecule has 126 valence electrons. The minimum Gasteiger partial charge on any atom is -0.445 e. The fourth-order valence-electron chi connectivity index (χ4n) is 3.35. The minimum absolute atomic E-state index is 0.170. The third kappa shape index (κ3) is 4.45. The van der Waals surface area contributed by atoms with E-state index < -0.39 is 0 Å². The highest BCUT2D eigenvalue weighted by Gasteiger charge is 2.37. The van der Waals surface area contributed by atoms with Crippen molar-refractivity contribution in [3.63, 3.8) is 0 Å². The Hall–Kier alpha value is -1.59. The van der Waals surface area contributed by atoms with Crippen LogP contribution in [0.4, 0.5) is 4.79 Å². The molecular weight excluding hydrogens is 290 g/mol. The molecule has 23 heavy (non-hydrogen) atoms. The van der Waals surface area contributed by atoms with Crippen molar-refractivity contribution in [2.24, 2.45) is 5.73 Å². The van der Waals surface area contributed by atoms with Crippen LogP contribution in [0.5, 0.6) is 0 Å². The van der Waals surface area contributed by atoms with Gasteiger partial charge in [-0.15, -0.1) is 0 Å². The monoisotopic (exact) mass is 317 g/mol. The fourth-order valence-corrected chi connectivity index (χ4v) is 3.35. The number of hydrogen-bond donors (Lipinski definition) is 1. The second-order valence-electron chi connectivity index (χ2n) is 6.54. The lowest BCUT2D eigenvalue weighted by Crippen LogP contribution is -2.45. The number of benzene rings is 1. The molecule has 1 atom stereocenters. The van der Waals surface area contributed by atoms with Crippen LogP contribution in [-0.4, -0.2) is 54.2 Å². The highest BCUT2D eigenvalue weighted by molar-refractivity contribution is 5.68. The highest BCUT2D eigenvalue weighted by atomic mass is 16.6. The van der Waals surface area contributed by atoms with E-state index in [1.165, 1.54) is 6.42 Å². The smallest absolute Gasteiger partial charge is 0.410 e. The number of carbonyl (C=O) groups excluding carboxylic acids is 1. The Balaban J connectivity index is 1.54. The molecule has 3 rings (SSSR count). The summed E-state index contributed by atoms with van der Waals surface area (Å²) in [7, 11) is 0. The van der Waals surface area contributed by atoms with E-state index in [1.807, 2.05) is 35.2 Å². The average molecular weight is 317 g/mol. The lowest BCUT2D eigenvalue weighted by Gasteiger charge is -2.30. The van der Waals surface area contributed by atoms with Gasteiger partial charge < -0.3 is 15.4 Å². The van der Waals surface area contributed by atoms with Gasteiger partial charge in [0.25, 0.3) is 0 Å². The normalized spacial score (nSPS) is 21.3. The first-order chi connectivity index (χ1) is 11.3. The first-order valence-corrected chi connectivity index (χ1v) is 8.69. The molecule has 1 saturated heterocycles. The van der Waals surface area contributed by atoms with Gasteiger partial charge in [-0.25, -0.2) is 4.79 Å². The zero-order valence-corrected chi connectivity index (χ0v) is 13.7. The SMILES string of the molecule is NCCN1CCC[C@H]1CN(C(=O)OCc1ccccc1)C1CC1. The summed E-state index contributed by atoms with van der Waals surface area (Å²) < 4.78 is 5.54. The van der Waals surface area contributed by atoms with Crippen LogP contribution in [0.2, 0.25) is 0 Å². The van der Waals surface area contributed by atoms with Crippen LogP contribution in [0.15, 0.2) is 30.3 Å². The number of ether oxygens (including phenoxy) is 1. The topological polar surface area (TPSA) is 58.8 Å². The Morgan fingerprint density at radius 1 is 1.26 bits per heavy atom. The Morgan fingerprint density at radius 3 is 2.74 bits per heavy atom. The zero-order chi connectivity index (χ0) is 16.1. The van der Waals surface area contributed by atoms with E-state index in [0.717, 1.165) is 44.5 Å². The molecule has 2 aliphatic rings. The predicted molar refractivity (Wildman–Crippen MR) is 90.0 cm³/mol. The van der Waals surface area contributed by atoms with E-state index in [1.54, 1.807) is 0 Å². The quantitative estimate of drug-likeness (QED) is 0.837. The van der Waals surface area contributed by atoms with Crippen molar-refractivity contribution in [1.82, 2.24) is 9.80 Å². The molecule has 0 aromatic heterocycles. The first kappa shape index (κ1) is 16.3. The first-order valence-electron chi connectivity index (χ1n) is 8.69. The number of carbonyl (C=O) groups is 1. The van der Waals surface area contributed by atoms with E-state index in [9.17, 15) is 4.79 Å². The maximum Gasteiger partial charge on any atom is 0.410 e. The number of hydrogen-bond acceptors (Lipinski definition) is 4. The van der Waals surface area contributed by atoms with Crippen molar-refractivity contribution >= 4 is 6.09 Å². The van der Waals surface area contributed by atoms with Crippen molar-refractivity contribution in [2.45, 2.75) is 44.4 Å². The largest absolute Gasteiger partial charge is 0.445 e. The molecule has 0 unspecified atom stereocenters. The van der Waals surface area contributed by atoms with Crippen molar-refractivity contribution in [3.05, 3.63) is 35.9 Å².